The van der Waals surface area contributed by atoms with E-state index in [2.05, 4.69) is 15.5 Å². The van der Waals surface area contributed by atoms with E-state index in [4.69, 9.17) is 18.0 Å². The Morgan fingerprint density at radius 3 is 2.66 bits per heavy atom. The number of esters is 1. The summed E-state index contributed by atoms with van der Waals surface area (Å²) in [5.41, 5.74) is 1.51. The molecule has 29 heavy (non-hydrogen) atoms. The van der Waals surface area contributed by atoms with Crippen molar-refractivity contribution >= 4 is 17.6 Å². The molecule has 0 aliphatic carbocycles. The van der Waals surface area contributed by atoms with Crippen LogP contribution in [-0.4, -0.2) is 22.1 Å². The van der Waals surface area contributed by atoms with Crippen molar-refractivity contribution in [2.75, 3.05) is 5.32 Å². The molecular formula is C20H15N3O6. The van der Waals surface area contributed by atoms with E-state index < -0.39 is 11.9 Å². The number of nitrogens with one attached hydrogen (secondary N) is 1. The number of rotatable bonds is 6. The Bertz CT molecular complexity index is 1130. The number of ether oxygens (including phenoxy) is 1. The standard InChI is InChI=1S/C20H15N3O6/c1-12-6-7-13(10-14(12)21-18(24)15-4-2-8-26-15)20(25)28-11-17-22-23-19(29-17)16-5-3-9-27-16/h2-10H,11H2,1H3,(H,21,24). The van der Waals surface area contributed by atoms with Crippen LogP contribution in [0.4, 0.5) is 5.69 Å². The molecule has 0 fully saturated rings. The van der Waals surface area contributed by atoms with Crippen LogP contribution in [0.3, 0.4) is 0 Å². The fraction of sp³-hybridized carbons (Fsp3) is 0.100. The van der Waals surface area contributed by atoms with E-state index in [1.807, 2.05) is 6.92 Å². The number of aromatic nitrogens is 2. The molecule has 0 aliphatic rings. The van der Waals surface area contributed by atoms with Crippen molar-refractivity contribution in [1.29, 1.82) is 0 Å². The molecule has 9 nitrogen and oxygen atoms in total. The number of carbonyl (C=O) groups excluding carboxylic acids is 2. The van der Waals surface area contributed by atoms with Gasteiger partial charge in [-0.1, -0.05) is 6.07 Å². The summed E-state index contributed by atoms with van der Waals surface area (Å²) in [5.74, 6) is -0.106. The van der Waals surface area contributed by atoms with Crippen LogP contribution in [0.15, 0.2) is 68.2 Å². The lowest BCUT2D eigenvalue weighted by Crippen LogP contribution is -2.13. The minimum Gasteiger partial charge on any atom is -0.459 e. The summed E-state index contributed by atoms with van der Waals surface area (Å²) in [4.78, 5) is 24.5. The highest BCUT2D eigenvalue weighted by atomic mass is 16.5. The van der Waals surface area contributed by atoms with Crippen molar-refractivity contribution in [3.63, 3.8) is 0 Å². The van der Waals surface area contributed by atoms with Crippen LogP contribution in [0, 0.1) is 6.92 Å². The minimum absolute atomic E-state index is 0.128. The Morgan fingerprint density at radius 1 is 1.07 bits per heavy atom. The smallest absolute Gasteiger partial charge is 0.338 e. The number of nitrogens with zero attached hydrogens (tertiary/aromatic N) is 2. The number of anilines is 1. The Kier molecular flexibility index (Phi) is 4.93. The van der Waals surface area contributed by atoms with E-state index in [-0.39, 0.29) is 29.7 Å². The van der Waals surface area contributed by atoms with E-state index in [0.717, 1.165) is 5.56 Å². The molecule has 0 radical (unpaired) electrons. The van der Waals surface area contributed by atoms with E-state index in [1.165, 1.54) is 18.6 Å². The number of aryl methyl sites for hydroxylation is 1. The molecule has 0 atom stereocenters. The molecule has 0 saturated carbocycles. The van der Waals surface area contributed by atoms with Crippen LogP contribution < -0.4 is 5.32 Å². The van der Waals surface area contributed by atoms with Gasteiger partial charge in [-0.05, 0) is 48.9 Å². The van der Waals surface area contributed by atoms with Gasteiger partial charge in [-0.15, -0.1) is 10.2 Å². The van der Waals surface area contributed by atoms with Crippen molar-refractivity contribution in [1.82, 2.24) is 10.2 Å². The maximum Gasteiger partial charge on any atom is 0.338 e. The van der Waals surface area contributed by atoms with Crippen LogP contribution in [0.1, 0.15) is 32.4 Å². The number of hydrogen-bond donors (Lipinski definition) is 1. The van der Waals surface area contributed by atoms with Crippen molar-refractivity contribution in [3.05, 3.63) is 77.8 Å². The van der Waals surface area contributed by atoms with Gasteiger partial charge < -0.3 is 23.3 Å². The summed E-state index contributed by atoms with van der Waals surface area (Å²) >= 11 is 0. The quantitative estimate of drug-likeness (QED) is 0.491. The molecule has 1 N–H and O–H groups in total. The lowest BCUT2D eigenvalue weighted by molar-refractivity contribution is 0.0438. The first-order chi connectivity index (χ1) is 14.1. The number of carbonyl (C=O) groups is 2. The molecule has 0 unspecified atom stereocenters. The molecule has 3 aromatic heterocycles. The second kappa shape index (κ2) is 7.85. The van der Waals surface area contributed by atoms with Gasteiger partial charge in [-0.2, -0.15) is 0 Å². The van der Waals surface area contributed by atoms with Crippen LogP contribution in [0.25, 0.3) is 11.7 Å². The highest BCUT2D eigenvalue weighted by Gasteiger charge is 2.16. The predicted molar refractivity (Wildman–Crippen MR) is 99.0 cm³/mol. The fourth-order valence-corrected chi connectivity index (χ4v) is 2.50. The number of hydrogen-bond acceptors (Lipinski definition) is 8. The lowest BCUT2D eigenvalue weighted by atomic mass is 10.1. The molecule has 0 saturated heterocycles. The molecule has 0 bridgehead atoms. The molecule has 3 heterocycles. The Balaban J connectivity index is 1.41. The zero-order valence-electron chi connectivity index (χ0n) is 15.2. The SMILES string of the molecule is Cc1ccc(C(=O)OCc2nnc(-c3ccco3)o2)cc1NC(=O)c1ccco1. The number of amides is 1. The molecule has 0 aliphatic heterocycles. The van der Waals surface area contributed by atoms with Crippen LogP contribution in [0.5, 0.6) is 0 Å². The highest BCUT2D eigenvalue weighted by Crippen LogP contribution is 2.20. The fourth-order valence-electron chi connectivity index (χ4n) is 2.50. The van der Waals surface area contributed by atoms with Crippen LogP contribution in [0.2, 0.25) is 0 Å². The third kappa shape index (κ3) is 4.08. The monoisotopic (exact) mass is 393 g/mol. The average Bonchev–Trinajstić information content (AvgIpc) is 3.49. The third-order valence-electron chi connectivity index (χ3n) is 3.99. The zero-order valence-corrected chi connectivity index (χ0v) is 15.2. The Hall–Kier alpha value is -4.14. The minimum atomic E-state index is -0.601. The number of furan rings is 2. The van der Waals surface area contributed by atoms with Gasteiger partial charge in [0.1, 0.15) is 0 Å². The summed E-state index contributed by atoms with van der Waals surface area (Å²) in [5, 5.41) is 10.4. The van der Waals surface area contributed by atoms with Gasteiger partial charge in [0.05, 0.1) is 18.1 Å². The molecule has 9 heteroatoms. The summed E-state index contributed by atoms with van der Waals surface area (Å²) in [6, 6.07) is 11.4. The topological polar surface area (TPSA) is 121 Å². The van der Waals surface area contributed by atoms with Gasteiger partial charge in [0.25, 0.3) is 17.7 Å². The zero-order chi connectivity index (χ0) is 20.2. The van der Waals surface area contributed by atoms with Crippen molar-refractivity contribution in [3.8, 4) is 11.7 Å². The first-order valence-electron chi connectivity index (χ1n) is 8.59. The average molecular weight is 393 g/mol. The first kappa shape index (κ1) is 18.2. The predicted octanol–water partition coefficient (Wildman–Crippen LogP) is 3.84. The van der Waals surface area contributed by atoms with E-state index in [1.54, 1.807) is 36.4 Å². The Morgan fingerprint density at radius 2 is 1.90 bits per heavy atom. The third-order valence-corrected chi connectivity index (χ3v) is 3.99. The van der Waals surface area contributed by atoms with Gasteiger partial charge in [0, 0.05) is 5.69 Å². The Labute approximate surface area is 164 Å². The molecule has 146 valence electrons. The van der Waals surface area contributed by atoms with Crippen molar-refractivity contribution in [2.24, 2.45) is 0 Å². The maximum absolute atomic E-state index is 12.4. The summed E-state index contributed by atoms with van der Waals surface area (Å²) in [6.07, 6.45) is 2.89. The molecule has 0 spiro atoms. The van der Waals surface area contributed by atoms with Gasteiger partial charge in [-0.25, -0.2) is 4.79 Å². The molecular weight excluding hydrogens is 378 g/mol. The van der Waals surface area contributed by atoms with Crippen molar-refractivity contribution < 1.29 is 27.6 Å². The van der Waals surface area contributed by atoms with Gasteiger partial charge >= 0.3 is 5.97 Å². The van der Waals surface area contributed by atoms with E-state index in [9.17, 15) is 9.59 Å². The summed E-state index contributed by atoms with van der Waals surface area (Å²) in [7, 11) is 0. The van der Waals surface area contributed by atoms with Crippen LogP contribution in [-0.2, 0) is 11.3 Å². The van der Waals surface area contributed by atoms with Gasteiger partial charge in [0.15, 0.2) is 18.1 Å². The molecule has 1 aromatic carbocycles. The highest BCUT2D eigenvalue weighted by molar-refractivity contribution is 6.03. The largest absolute Gasteiger partial charge is 0.459 e. The number of benzene rings is 1. The normalized spacial score (nSPS) is 10.7. The molecule has 1 amide bonds. The first-order valence-corrected chi connectivity index (χ1v) is 8.59. The van der Waals surface area contributed by atoms with E-state index >= 15 is 0 Å². The second-order valence-corrected chi connectivity index (χ2v) is 6.02. The van der Waals surface area contributed by atoms with E-state index in [0.29, 0.717) is 11.4 Å². The summed E-state index contributed by atoms with van der Waals surface area (Å²) < 4.78 is 20.8. The summed E-state index contributed by atoms with van der Waals surface area (Å²) in [6.45, 7) is 1.61. The molecule has 4 rings (SSSR count). The van der Waals surface area contributed by atoms with Gasteiger partial charge in [0.2, 0.25) is 0 Å². The second-order valence-electron chi connectivity index (χ2n) is 6.02. The maximum atomic E-state index is 12.4. The molecule has 4 aromatic rings. The van der Waals surface area contributed by atoms with Crippen LogP contribution >= 0.6 is 0 Å². The lowest BCUT2D eigenvalue weighted by Gasteiger charge is -2.09. The van der Waals surface area contributed by atoms with Gasteiger partial charge in [-0.3, -0.25) is 4.79 Å². The van der Waals surface area contributed by atoms with Crippen molar-refractivity contribution in [2.45, 2.75) is 13.5 Å².